The maximum absolute atomic E-state index is 14.5. The Kier molecular flexibility index (Phi) is 5.28. The molecule has 0 saturated heterocycles. The first-order valence-electron chi connectivity index (χ1n) is 8.12. The first-order valence-corrected chi connectivity index (χ1v) is 8.12. The van der Waals surface area contributed by atoms with Crippen LogP contribution in [-0.2, 0) is 16.1 Å². The molecular weight excluding hydrogens is 347 g/mol. The number of carbonyl (C=O) groups is 1. The summed E-state index contributed by atoms with van der Waals surface area (Å²) in [5.41, 5.74) is 4.57. The topological polar surface area (TPSA) is 82.0 Å². The van der Waals surface area contributed by atoms with Crippen LogP contribution >= 0.6 is 0 Å². The number of aromatic nitrogens is 2. The first-order chi connectivity index (χ1) is 11.8. The van der Waals surface area contributed by atoms with Crippen molar-refractivity contribution in [1.82, 2.24) is 10.2 Å². The zero-order chi connectivity index (χ0) is 19.9. The number of carbonyl (C=O) groups excluding carboxylic acids is 1. The third-order valence-corrected chi connectivity index (χ3v) is 4.00. The van der Waals surface area contributed by atoms with Gasteiger partial charge in [0.1, 0.15) is 11.6 Å². The standard InChI is InChI=1S/C18H22F3N3O2/c1-9-6-11(15-23-24-16(26-15)17(3,4)5)13(19)7-12(9)18(20,21)8-14(22)10(2)25/h6-7,14H,8,22H2,1-5H3/t14-/m0/s1. The molecule has 0 aliphatic carbocycles. The molecular formula is C18H22F3N3O2. The quantitative estimate of drug-likeness (QED) is 0.865. The van der Waals surface area contributed by atoms with Gasteiger partial charge in [-0.3, -0.25) is 4.79 Å². The highest BCUT2D eigenvalue weighted by Crippen LogP contribution is 2.38. The summed E-state index contributed by atoms with van der Waals surface area (Å²) in [6.07, 6.45) is -0.892. The summed E-state index contributed by atoms with van der Waals surface area (Å²) < 4.78 is 48.9. The van der Waals surface area contributed by atoms with Crippen molar-refractivity contribution in [3.05, 3.63) is 35.0 Å². The van der Waals surface area contributed by atoms with Gasteiger partial charge in [0.2, 0.25) is 5.89 Å². The maximum atomic E-state index is 14.5. The lowest BCUT2D eigenvalue weighted by Crippen LogP contribution is -2.34. The van der Waals surface area contributed by atoms with E-state index in [4.69, 9.17) is 10.2 Å². The Balaban J connectivity index is 2.42. The minimum absolute atomic E-state index is 0.0547. The molecule has 2 N–H and O–H groups in total. The van der Waals surface area contributed by atoms with Gasteiger partial charge in [-0.2, -0.15) is 0 Å². The lowest BCUT2D eigenvalue weighted by Gasteiger charge is -2.22. The molecule has 0 fully saturated rings. The molecule has 0 amide bonds. The number of Topliss-reactive ketones (excluding diaryl/α,β-unsaturated/α-hetero) is 1. The molecule has 0 aliphatic heterocycles. The van der Waals surface area contributed by atoms with Crippen molar-refractivity contribution < 1.29 is 22.4 Å². The van der Waals surface area contributed by atoms with Gasteiger partial charge >= 0.3 is 0 Å². The summed E-state index contributed by atoms with van der Waals surface area (Å²) in [6.45, 7) is 8.13. The van der Waals surface area contributed by atoms with Crippen molar-refractivity contribution in [3.63, 3.8) is 0 Å². The third kappa shape index (κ3) is 4.12. The van der Waals surface area contributed by atoms with E-state index in [1.807, 2.05) is 20.8 Å². The molecule has 142 valence electrons. The number of hydrogen-bond donors (Lipinski definition) is 1. The first kappa shape index (κ1) is 20.1. The van der Waals surface area contributed by atoms with Crippen LogP contribution < -0.4 is 5.73 Å². The number of alkyl halides is 2. The Morgan fingerprint density at radius 2 is 1.88 bits per heavy atom. The van der Waals surface area contributed by atoms with Crippen LogP contribution in [0.15, 0.2) is 16.5 Å². The SMILES string of the molecule is CC(=O)[C@@H](N)CC(F)(F)c1cc(F)c(-c2nnc(C(C)(C)C)o2)cc1C. The van der Waals surface area contributed by atoms with E-state index >= 15 is 0 Å². The van der Waals surface area contributed by atoms with Crippen LogP contribution in [0.4, 0.5) is 13.2 Å². The lowest BCUT2D eigenvalue weighted by molar-refractivity contribution is -0.121. The van der Waals surface area contributed by atoms with Gasteiger partial charge in [0.15, 0.2) is 0 Å². The average molecular weight is 369 g/mol. The van der Waals surface area contributed by atoms with E-state index in [-0.39, 0.29) is 17.0 Å². The summed E-state index contributed by atoms with van der Waals surface area (Å²) in [5.74, 6) is -4.68. The molecule has 1 heterocycles. The molecule has 8 heteroatoms. The zero-order valence-corrected chi connectivity index (χ0v) is 15.4. The van der Waals surface area contributed by atoms with Crippen LogP contribution in [0.1, 0.15) is 51.1 Å². The van der Waals surface area contributed by atoms with E-state index in [9.17, 15) is 18.0 Å². The van der Waals surface area contributed by atoms with Gasteiger partial charge in [0.05, 0.1) is 11.6 Å². The van der Waals surface area contributed by atoms with Crippen molar-refractivity contribution in [2.24, 2.45) is 5.73 Å². The number of rotatable bonds is 5. The molecule has 0 saturated carbocycles. The van der Waals surface area contributed by atoms with Gasteiger partial charge in [-0.1, -0.05) is 20.8 Å². The monoisotopic (exact) mass is 369 g/mol. The summed E-state index contributed by atoms with van der Waals surface area (Å²) in [7, 11) is 0. The largest absolute Gasteiger partial charge is 0.420 e. The van der Waals surface area contributed by atoms with Crippen molar-refractivity contribution in [3.8, 4) is 11.5 Å². The van der Waals surface area contributed by atoms with Crippen LogP contribution in [0.25, 0.3) is 11.5 Å². The Morgan fingerprint density at radius 3 is 2.38 bits per heavy atom. The number of ketones is 1. The molecule has 5 nitrogen and oxygen atoms in total. The highest BCUT2D eigenvalue weighted by Gasteiger charge is 2.37. The normalized spacial score (nSPS) is 13.7. The van der Waals surface area contributed by atoms with E-state index in [1.54, 1.807) is 0 Å². The molecule has 26 heavy (non-hydrogen) atoms. The Hall–Kier alpha value is -2.22. The van der Waals surface area contributed by atoms with Gasteiger partial charge in [-0.05, 0) is 31.5 Å². The molecule has 2 aromatic rings. The van der Waals surface area contributed by atoms with Gasteiger partial charge in [0, 0.05) is 17.4 Å². The lowest BCUT2D eigenvalue weighted by atomic mass is 9.94. The molecule has 0 radical (unpaired) electrons. The molecule has 0 aliphatic rings. The fourth-order valence-corrected chi connectivity index (χ4v) is 2.40. The average Bonchev–Trinajstić information content (AvgIpc) is 2.98. The van der Waals surface area contributed by atoms with E-state index in [0.717, 1.165) is 13.0 Å². The van der Waals surface area contributed by atoms with Crippen LogP contribution in [0.3, 0.4) is 0 Å². The van der Waals surface area contributed by atoms with E-state index in [0.29, 0.717) is 5.89 Å². The summed E-state index contributed by atoms with van der Waals surface area (Å²) >= 11 is 0. The molecule has 0 bridgehead atoms. The Labute approximate surface area is 149 Å². The van der Waals surface area contributed by atoms with Gasteiger partial charge in [-0.15, -0.1) is 10.2 Å². The van der Waals surface area contributed by atoms with Crippen molar-refractivity contribution in [2.45, 2.75) is 58.4 Å². The second-order valence-corrected chi connectivity index (χ2v) is 7.44. The van der Waals surface area contributed by atoms with Crippen LogP contribution in [0, 0.1) is 12.7 Å². The predicted octanol–water partition coefficient (Wildman–Crippen LogP) is 3.88. The number of nitrogens with zero attached hydrogens (tertiary/aromatic N) is 2. The van der Waals surface area contributed by atoms with Crippen LogP contribution in [0.5, 0.6) is 0 Å². The number of aryl methyl sites for hydroxylation is 1. The number of nitrogens with two attached hydrogens (primary N) is 1. The summed E-state index contributed by atoms with van der Waals surface area (Å²) in [4.78, 5) is 11.2. The van der Waals surface area contributed by atoms with Crippen molar-refractivity contribution in [1.29, 1.82) is 0 Å². The number of halogens is 3. The fourth-order valence-electron chi connectivity index (χ4n) is 2.40. The zero-order valence-electron chi connectivity index (χ0n) is 15.4. The number of hydrogen-bond acceptors (Lipinski definition) is 5. The highest BCUT2D eigenvalue weighted by atomic mass is 19.3. The second-order valence-electron chi connectivity index (χ2n) is 7.44. The summed E-state index contributed by atoms with van der Waals surface area (Å²) in [5, 5.41) is 7.69. The maximum Gasteiger partial charge on any atom is 0.275 e. The Morgan fingerprint density at radius 1 is 1.27 bits per heavy atom. The van der Waals surface area contributed by atoms with Crippen molar-refractivity contribution in [2.75, 3.05) is 0 Å². The van der Waals surface area contributed by atoms with E-state index < -0.39 is 41.0 Å². The van der Waals surface area contributed by atoms with E-state index in [1.165, 1.54) is 13.0 Å². The second kappa shape index (κ2) is 6.83. The molecule has 1 aromatic carbocycles. The van der Waals surface area contributed by atoms with Crippen molar-refractivity contribution >= 4 is 5.78 Å². The van der Waals surface area contributed by atoms with Gasteiger partial charge in [0.25, 0.3) is 11.8 Å². The van der Waals surface area contributed by atoms with Crippen LogP contribution in [0.2, 0.25) is 0 Å². The van der Waals surface area contributed by atoms with E-state index in [2.05, 4.69) is 10.2 Å². The van der Waals surface area contributed by atoms with Crippen LogP contribution in [-0.4, -0.2) is 22.0 Å². The molecule has 1 aromatic heterocycles. The van der Waals surface area contributed by atoms with Gasteiger partial charge < -0.3 is 10.2 Å². The highest BCUT2D eigenvalue weighted by molar-refractivity contribution is 5.81. The minimum Gasteiger partial charge on any atom is -0.420 e. The van der Waals surface area contributed by atoms with Gasteiger partial charge in [-0.25, -0.2) is 13.2 Å². The molecule has 1 atom stereocenters. The fraction of sp³-hybridized carbons (Fsp3) is 0.500. The number of benzene rings is 1. The molecule has 2 rings (SSSR count). The smallest absolute Gasteiger partial charge is 0.275 e. The molecule has 0 unspecified atom stereocenters. The summed E-state index contributed by atoms with van der Waals surface area (Å²) in [6, 6.07) is 0.647. The molecule has 0 spiro atoms. The predicted molar refractivity (Wildman–Crippen MR) is 90.3 cm³/mol. The minimum atomic E-state index is -3.44. The third-order valence-electron chi connectivity index (χ3n) is 4.00. The Bertz CT molecular complexity index is 826.